The summed E-state index contributed by atoms with van der Waals surface area (Å²) in [7, 11) is 0. The smallest absolute Gasteiger partial charge is 0.319 e. The standard InChI is InChI=1S/C19H20FN3O2/c1-13-2-6-16(7-3-13)22-19(25)21-11-14-10-18(24)23(12-14)17-8-4-15(20)5-9-17/h2-9,14H,10-12H2,1H3,(H2,21,22,25)/t14-/m1/s1. The summed E-state index contributed by atoms with van der Waals surface area (Å²) < 4.78 is 13.0. The van der Waals surface area contributed by atoms with Gasteiger partial charge in [0.15, 0.2) is 0 Å². The molecule has 1 fully saturated rings. The number of hydrogen-bond acceptors (Lipinski definition) is 2. The van der Waals surface area contributed by atoms with Crippen LogP contribution < -0.4 is 15.5 Å². The van der Waals surface area contributed by atoms with Crippen molar-refractivity contribution >= 4 is 23.3 Å². The number of rotatable bonds is 4. The highest BCUT2D eigenvalue weighted by Crippen LogP contribution is 2.24. The number of nitrogens with zero attached hydrogens (tertiary/aromatic N) is 1. The number of carbonyl (C=O) groups is 2. The first-order valence-corrected chi connectivity index (χ1v) is 8.19. The van der Waals surface area contributed by atoms with Gasteiger partial charge in [-0.1, -0.05) is 17.7 Å². The number of carbonyl (C=O) groups excluding carboxylic acids is 2. The fraction of sp³-hybridized carbons (Fsp3) is 0.263. The molecule has 5 nitrogen and oxygen atoms in total. The molecule has 0 bridgehead atoms. The molecule has 6 heteroatoms. The van der Waals surface area contributed by atoms with Gasteiger partial charge in [0.25, 0.3) is 0 Å². The molecule has 3 rings (SSSR count). The summed E-state index contributed by atoms with van der Waals surface area (Å²) in [4.78, 5) is 25.7. The minimum atomic E-state index is -0.332. The zero-order chi connectivity index (χ0) is 17.8. The highest BCUT2D eigenvalue weighted by molar-refractivity contribution is 5.96. The number of aryl methyl sites for hydroxylation is 1. The monoisotopic (exact) mass is 341 g/mol. The van der Waals surface area contributed by atoms with Crippen LogP contribution in [-0.4, -0.2) is 25.0 Å². The molecule has 1 atom stereocenters. The molecule has 1 saturated heterocycles. The van der Waals surface area contributed by atoms with E-state index >= 15 is 0 Å². The van der Waals surface area contributed by atoms with E-state index in [0.29, 0.717) is 25.2 Å². The molecule has 0 radical (unpaired) electrons. The van der Waals surface area contributed by atoms with E-state index in [1.165, 1.54) is 12.1 Å². The lowest BCUT2D eigenvalue weighted by Gasteiger charge is -2.17. The Hall–Kier alpha value is -2.89. The van der Waals surface area contributed by atoms with Gasteiger partial charge in [0.05, 0.1) is 0 Å². The zero-order valence-corrected chi connectivity index (χ0v) is 14.0. The lowest BCUT2D eigenvalue weighted by Crippen LogP contribution is -2.34. The summed E-state index contributed by atoms with van der Waals surface area (Å²) in [5.41, 5.74) is 2.52. The van der Waals surface area contributed by atoms with Crippen molar-refractivity contribution < 1.29 is 14.0 Å². The first kappa shape index (κ1) is 17.0. The van der Waals surface area contributed by atoms with Gasteiger partial charge >= 0.3 is 6.03 Å². The van der Waals surface area contributed by atoms with E-state index in [1.807, 2.05) is 31.2 Å². The molecule has 1 aliphatic heterocycles. The first-order chi connectivity index (χ1) is 12.0. The largest absolute Gasteiger partial charge is 0.338 e. The molecule has 1 heterocycles. The molecule has 130 valence electrons. The van der Waals surface area contributed by atoms with Crippen molar-refractivity contribution in [3.63, 3.8) is 0 Å². The summed E-state index contributed by atoms with van der Waals surface area (Å²) in [6.45, 7) is 2.89. The van der Waals surface area contributed by atoms with Crippen LogP contribution in [0.3, 0.4) is 0 Å². The number of hydrogen-bond donors (Lipinski definition) is 2. The molecule has 3 amide bonds. The quantitative estimate of drug-likeness (QED) is 0.896. The Kier molecular flexibility index (Phi) is 4.97. The summed E-state index contributed by atoms with van der Waals surface area (Å²) >= 11 is 0. The lowest BCUT2D eigenvalue weighted by molar-refractivity contribution is -0.117. The zero-order valence-electron chi connectivity index (χ0n) is 14.0. The van der Waals surface area contributed by atoms with Crippen molar-refractivity contribution in [2.75, 3.05) is 23.3 Å². The Balaban J connectivity index is 1.50. The molecule has 25 heavy (non-hydrogen) atoms. The van der Waals surface area contributed by atoms with E-state index in [2.05, 4.69) is 10.6 Å². The van der Waals surface area contributed by atoms with Crippen LogP contribution in [-0.2, 0) is 4.79 Å². The summed E-state index contributed by atoms with van der Waals surface area (Å²) in [5.74, 6) is -0.319. The van der Waals surface area contributed by atoms with Crippen molar-refractivity contribution in [2.45, 2.75) is 13.3 Å². The van der Waals surface area contributed by atoms with Crippen molar-refractivity contribution in [3.05, 3.63) is 59.9 Å². The van der Waals surface area contributed by atoms with E-state index < -0.39 is 0 Å². The molecule has 1 aliphatic rings. The lowest BCUT2D eigenvalue weighted by atomic mass is 10.1. The van der Waals surface area contributed by atoms with E-state index in [4.69, 9.17) is 0 Å². The second-order valence-electron chi connectivity index (χ2n) is 6.25. The number of benzene rings is 2. The minimum absolute atomic E-state index is 0.0163. The van der Waals surface area contributed by atoms with Gasteiger partial charge in [0.2, 0.25) is 5.91 Å². The van der Waals surface area contributed by atoms with E-state index in [9.17, 15) is 14.0 Å². The maximum Gasteiger partial charge on any atom is 0.319 e. The fourth-order valence-corrected chi connectivity index (χ4v) is 2.84. The highest BCUT2D eigenvalue weighted by Gasteiger charge is 2.30. The number of nitrogens with one attached hydrogen (secondary N) is 2. The van der Waals surface area contributed by atoms with Gasteiger partial charge in [-0.05, 0) is 43.3 Å². The predicted octanol–water partition coefficient (Wildman–Crippen LogP) is 3.31. The third-order valence-electron chi connectivity index (χ3n) is 4.20. The topological polar surface area (TPSA) is 61.4 Å². The minimum Gasteiger partial charge on any atom is -0.338 e. The Labute approximate surface area is 145 Å². The molecule has 0 spiro atoms. The van der Waals surface area contributed by atoms with Crippen LogP contribution in [0.25, 0.3) is 0 Å². The van der Waals surface area contributed by atoms with Gasteiger partial charge in [-0.15, -0.1) is 0 Å². The predicted molar refractivity (Wildman–Crippen MR) is 95.1 cm³/mol. The van der Waals surface area contributed by atoms with Crippen molar-refractivity contribution in [1.29, 1.82) is 0 Å². The van der Waals surface area contributed by atoms with Crippen molar-refractivity contribution in [1.82, 2.24) is 5.32 Å². The van der Waals surface area contributed by atoms with Crippen LogP contribution in [0.5, 0.6) is 0 Å². The SMILES string of the molecule is Cc1ccc(NC(=O)NC[C@H]2CC(=O)N(c3ccc(F)cc3)C2)cc1. The van der Waals surface area contributed by atoms with E-state index in [-0.39, 0.29) is 23.7 Å². The Morgan fingerprint density at radius 2 is 1.84 bits per heavy atom. The van der Waals surface area contributed by atoms with Crippen LogP contribution in [0.1, 0.15) is 12.0 Å². The van der Waals surface area contributed by atoms with Crippen LogP contribution in [0, 0.1) is 18.7 Å². The van der Waals surface area contributed by atoms with Crippen LogP contribution in [0.15, 0.2) is 48.5 Å². The molecule has 0 saturated carbocycles. The van der Waals surface area contributed by atoms with Crippen molar-refractivity contribution in [3.8, 4) is 0 Å². The number of urea groups is 1. The highest BCUT2D eigenvalue weighted by atomic mass is 19.1. The average Bonchev–Trinajstić information content (AvgIpc) is 2.97. The summed E-state index contributed by atoms with van der Waals surface area (Å²) in [6, 6.07) is 13.1. The molecule has 2 aromatic carbocycles. The summed E-state index contributed by atoms with van der Waals surface area (Å²) in [6.07, 6.45) is 0.363. The van der Waals surface area contributed by atoms with Gasteiger partial charge in [0, 0.05) is 36.8 Å². The number of halogens is 1. The van der Waals surface area contributed by atoms with Gasteiger partial charge < -0.3 is 15.5 Å². The van der Waals surface area contributed by atoms with Gasteiger partial charge in [0.1, 0.15) is 5.82 Å². The van der Waals surface area contributed by atoms with Gasteiger partial charge in [-0.25, -0.2) is 9.18 Å². The number of amides is 3. The molecule has 2 aromatic rings. The third-order valence-corrected chi connectivity index (χ3v) is 4.20. The molecule has 0 aromatic heterocycles. The second-order valence-corrected chi connectivity index (χ2v) is 6.25. The third kappa shape index (κ3) is 4.35. The fourth-order valence-electron chi connectivity index (χ4n) is 2.84. The van der Waals surface area contributed by atoms with Crippen LogP contribution in [0.4, 0.5) is 20.6 Å². The second kappa shape index (κ2) is 7.34. The number of anilines is 2. The van der Waals surface area contributed by atoms with Gasteiger partial charge in [-0.3, -0.25) is 4.79 Å². The van der Waals surface area contributed by atoms with Crippen molar-refractivity contribution in [2.24, 2.45) is 5.92 Å². The maximum absolute atomic E-state index is 13.0. The molecular weight excluding hydrogens is 321 g/mol. The Bertz CT molecular complexity index is 759. The molecule has 0 aliphatic carbocycles. The Morgan fingerprint density at radius 3 is 2.52 bits per heavy atom. The normalized spacial score (nSPS) is 16.8. The molecule has 0 unspecified atom stereocenters. The first-order valence-electron chi connectivity index (χ1n) is 8.19. The van der Waals surface area contributed by atoms with Gasteiger partial charge in [-0.2, -0.15) is 0 Å². The van der Waals surface area contributed by atoms with Crippen LogP contribution >= 0.6 is 0 Å². The Morgan fingerprint density at radius 1 is 1.16 bits per heavy atom. The average molecular weight is 341 g/mol. The van der Waals surface area contributed by atoms with E-state index in [0.717, 1.165) is 11.3 Å². The molecule has 2 N–H and O–H groups in total. The summed E-state index contributed by atoms with van der Waals surface area (Å²) in [5, 5.41) is 5.56. The van der Waals surface area contributed by atoms with Crippen LogP contribution in [0.2, 0.25) is 0 Å². The molecular formula is C19H20FN3O2. The van der Waals surface area contributed by atoms with E-state index in [1.54, 1.807) is 17.0 Å². The maximum atomic E-state index is 13.0.